The van der Waals surface area contributed by atoms with E-state index in [2.05, 4.69) is 6.07 Å². The van der Waals surface area contributed by atoms with Gasteiger partial charge in [-0.15, -0.1) is 11.6 Å². The van der Waals surface area contributed by atoms with E-state index in [1.807, 2.05) is 0 Å². The van der Waals surface area contributed by atoms with E-state index >= 15 is 0 Å². The molecule has 5 nitrogen and oxygen atoms in total. The number of nitro groups is 1. The van der Waals surface area contributed by atoms with Crippen LogP contribution in [0, 0.1) is 26.9 Å². The number of halogens is 1. The molecular formula is C13H15ClN2O3. The zero-order chi connectivity index (χ0) is 14.5. The fraction of sp³-hybridized carbons (Fsp3) is 0.462. The minimum Gasteiger partial charge on any atom is -0.487 e. The molecule has 102 valence electrons. The van der Waals surface area contributed by atoms with E-state index in [4.69, 9.17) is 21.6 Å². The van der Waals surface area contributed by atoms with Crippen LogP contribution < -0.4 is 4.74 Å². The van der Waals surface area contributed by atoms with Gasteiger partial charge in [0.25, 0.3) is 0 Å². The van der Waals surface area contributed by atoms with Gasteiger partial charge in [-0.2, -0.15) is 5.26 Å². The Morgan fingerprint density at radius 1 is 1.53 bits per heavy atom. The Morgan fingerprint density at radius 2 is 2.21 bits per heavy atom. The Kier molecular flexibility index (Phi) is 5.13. The predicted molar refractivity (Wildman–Crippen MR) is 72.2 cm³/mol. The van der Waals surface area contributed by atoms with Crippen molar-refractivity contribution in [2.75, 3.05) is 6.61 Å². The molecule has 0 saturated heterocycles. The molecule has 0 amide bonds. The summed E-state index contributed by atoms with van der Waals surface area (Å²) in [7, 11) is 0. The van der Waals surface area contributed by atoms with Crippen LogP contribution in [0.25, 0.3) is 0 Å². The predicted octanol–water partition coefficient (Wildman–Crippen LogP) is 3.65. The molecule has 0 aliphatic carbocycles. The number of hydrogen-bond donors (Lipinski definition) is 0. The van der Waals surface area contributed by atoms with Crippen molar-refractivity contribution < 1.29 is 9.66 Å². The number of nitrogens with zero attached hydrogens (tertiary/aromatic N) is 2. The first-order chi connectivity index (χ1) is 8.89. The van der Waals surface area contributed by atoms with Crippen molar-refractivity contribution >= 4 is 17.3 Å². The SMILES string of the molecule is CC(C)(C#N)CCOc1cc(CCl)ccc1[N+](=O)[O-]. The average molecular weight is 283 g/mol. The minimum atomic E-state index is -0.515. The van der Waals surface area contributed by atoms with Crippen molar-refractivity contribution in [1.29, 1.82) is 5.26 Å². The normalized spacial score (nSPS) is 10.8. The first-order valence-corrected chi connectivity index (χ1v) is 6.30. The summed E-state index contributed by atoms with van der Waals surface area (Å²) in [6.07, 6.45) is 0.492. The molecule has 0 bridgehead atoms. The van der Waals surface area contributed by atoms with Gasteiger partial charge in [-0.1, -0.05) is 6.07 Å². The lowest BCUT2D eigenvalue weighted by atomic mass is 9.92. The van der Waals surface area contributed by atoms with Gasteiger partial charge in [-0.25, -0.2) is 0 Å². The molecule has 0 N–H and O–H groups in total. The number of nitro benzene ring substituents is 1. The van der Waals surface area contributed by atoms with Crippen molar-refractivity contribution in [2.24, 2.45) is 5.41 Å². The molecular weight excluding hydrogens is 268 g/mol. The fourth-order valence-electron chi connectivity index (χ4n) is 1.38. The summed E-state index contributed by atoms with van der Waals surface area (Å²) in [4.78, 5) is 10.4. The number of benzene rings is 1. The molecule has 0 spiro atoms. The highest BCUT2D eigenvalue weighted by atomic mass is 35.5. The number of rotatable bonds is 6. The average Bonchev–Trinajstić information content (AvgIpc) is 2.38. The van der Waals surface area contributed by atoms with Crippen LogP contribution in [-0.2, 0) is 5.88 Å². The molecule has 19 heavy (non-hydrogen) atoms. The zero-order valence-corrected chi connectivity index (χ0v) is 11.6. The quantitative estimate of drug-likeness (QED) is 0.453. The lowest BCUT2D eigenvalue weighted by molar-refractivity contribution is -0.385. The van der Waals surface area contributed by atoms with Gasteiger partial charge in [0, 0.05) is 11.9 Å². The van der Waals surface area contributed by atoms with E-state index in [9.17, 15) is 10.1 Å². The maximum atomic E-state index is 10.9. The Hall–Kier alpha value is -1.80. The smallest absolute Gasteiger partial charge is 0.310 e. The Morgan fingerprint density at radius 3 is 2.74 bits per heavy atom. The number of nitriles is 1. The Labute approximate surface area is 116 Å². The molecule has 0 aromatic heterocycles. The third-order valence-electron chi connectivity index (χ3n) is 2.66. The lowest BCUT2D eigenvalue weighted by Crippen LogP contribution is -2.13. The van der Waals surface area contributed by atoms with Gasteiger partial charge in [-0.05, 0) is 31.9 Å². The van der Waals surface area contributed by atoms with E-state index in [1.54, 1.807) is 26.0 Å². The highest BCUT2D eigenvalue weighted by Crippen LogP contribution is 2.29. The molecule has 1 rings (SSSR count). The molecule has 0 aliphatic rings. The highest BCUT2D eigenvalue weighted by molar-refractivity contribution is 6.17. The van der Waals surface area contributed by atoms with Crippen LogP contribution in [0.1, 0.15) is 25.8 Å². The van der Waals surface area contributed by atoms with E-state index in [1.165, 1.54) is 6.07 Å². The summed E-state index contributed by atoms with van der Waals surface area (Å²) in [6, 6.07) is 6.68. The molecule has 0 aliphatic heterocycles. The molecule has 0 saturated carbocycles. The van der Waals surface area contributed by atoms with Crippen molar-refractivity contribution in [1.82, 2.24) is 0 Å². The Bertz CT molecular complexity index is 509. The molecule has 0 atom stereocenters. The van der Waals surface area contributed by atoms with Gasteiger partial charge in [-0.3, -0.25) is 10.1 Å². The van der Waals surface area contributed by atoms with Crippen molar-refractivity contribution in [3.05, 3.63) is 33.9 Å². The van der Waals surface area contributed by atoms with Crippen molar-refractivity contribution in [3.63, 3.8) is 0 Å². The third-order valence-corrected chi connectivity index (χ3v) is 2.97. The van der Waals surface area contributed by atoms with Crippen LogP contribution in [0.5, 0.6) is 5.75 Å². The lowest BCUT2D eigenvalue weighted by Gasteiger charge is -2.15. The highest BCUT2D eigenvalue weighted by Gasteiger charge is 2.19. The molecule has 0 heterocycles. The summed E-state index contributed by atoms with van der Waals surface area (Å²) in [5.74, 6) is 0.454. The summed E-state index contributed by atoms with van der Waals surface area (Å²) < 4.78 is 5.43. The van der Waals surface area contributed by atoms with E-state index in [0.29, 0.717) is 6.42 Å². The van der Waals surface area contributed by atoms with Crippen molar-refractivity contribution in [3.8, 4) is 11.8 Å². The summed E-state index contributed by atoms with van der Waals surface area (Å²) in [6.45, 7) is 3.83. The molecule has 1 aromatic rings. The van der Waals surface area contributed by atoms with Gasteiger partial charge in [0.2, 0.25) is 0 Å². The topological polar surface area (TPSA) is 76.2 Å². The first kappa shape index (κ1) is 15.3. The number of alkyl halides is 1. The van der Waals surface area contributed by atoms with Crippen LogP contribution in [0.2, 0.25) is 0 Å². The number of ether oxygens (including phenoxy) is 1. The van der Waals surface area contributed by atoms with Crippen LogP contribution >= 0.6 is 11.6 Å². The molecule has 0 fully saturated rings. The summed E-state index contributed by atoms with van der Waals surface area (Å²) in [5, 5.41) is 19.8. The third kappa shape index (κ3) is 4.42. The molecule has 1 aromatic carbocycles. The zero-order valence-electron chi connectivity index (χ0n) is 10.9. The Balaban J connectivity index is 2.81. The second kappa shape index (κ2) is 6.39. The second-order valence-electron chi connectivity index (χ2n) is 4.79. The molecule has 6 heteroatoms. The second-order valence-corrected chi connectivity index (χ2v) is 5.05. The van der Waals surface area contributed by atoms with E-state index < -0.39 is 10.3 Å². The van der Waals surface area contributed by atoms with Crippen LogP contribution in [-0.4, -0.2) is 11.5 Å². The monoisotopic (exact) mass is 282 g/mol. The molecule has 0 unspecified atom stereocenters. The van der Waals surface area contributed by atoms with Gasteiger partial charge in [0.15, 0.2) is 5.75 Å². The van der Waals surface area contributed by atoms with Gasteiger partial charge >= 0.3 is 5.69 Å². The van der Waals surface area contributed by atoms with Gasteiger partial charge < -0.3 is 4.74 Å². The number of hydrogen-bond acceptors (Lipinski definition) is 4. The summed E-state index contributed by atoms with van der Waals surface area (Å²) in [5.41, 5.74) is 0.143. The maximum absolute atomic E-state index is 10.9. The molecule has 0 radical (unpaired) electrons. The fourth-order valence-corrected chi connectivity index (χ4v) is 1.55. The maximum Gasteiger partial charge on any atom is 0.310 e. The van der Waals surface area contributed by atoms with Crippen LogP contribution in [0.3, 0.4) is 0 Å². The minimum absolute atomic E-state index is 0.0939. The standard InChI is InChI=1S/C13H15ClN2O3/c1-13(2,9-15)5-6-19-12-7-10(8-14)3-4-11(12)16(17)18/h3-4,7H,5-6,8H2,1-2H3. The van der Waals surface area contributed by atoms with E-state index in [0.717, 1.165) is 5.56 Å². The van der Waals surface area contributed by atoms with Crippen molar-refractivity contribution in [2.45, 2.75) is 26.1 Å². The first-order valence-electron chi connectivity index (χ1n) is 5.77. The van der Waals surface area contributed by atoms with E-state index in [-0.39, 0.29) is 23.9 Å². The van der Waals surface area contributed by atoms with Crippen LogP contribution in [0.4, 0.5) is 5.69 Å². The largest absolute Gasteiger partial charge is 0.487 e. The van der Waals surface area contributed by atoms with Gasteiger partial charge in [0.05, 0.1) is 23.0 Å². The summed E-state index contributed by atoms with van der Waals surface area (Å²) >= 11 is 5.69. The van der Waals surface area contributed by atoms with Gasteiger partial charge in [0.1, 0.15) is 0 Å². The van der Waals surface area contributed by atoms with Crippen LogP contribution in [0.15, 0.2) is 18.2 Å².